The van der Waals surface area contributed by atoms with Gasteiger partial charge in [0, 0.05) is 36.1 Å². The number of likely N-dealkylation sites (N-methyl/N-ethyl adjacent to an activating group) is 1. The van der Waals surface area contributed by atoms with E-state index in [0.717, 1.165) is 47.7 Å². The van der Waals surface area contributed by atoms with E-state index in [1.165, 1.54) is 10.9 Å². The fraction of sp³-hybridized carbons (Fsp3) is 0.292. The Morgan fingerprint density at radius 3 is 2.88 bits per heavy atom. The molecule has 5 rings (SSSR count). The molecule has 1 aliphatic heterocycles. The van der Waals surface area contributed by atoms with E-state index in [4.69, 9.17) is 4.98 Å². The van der Waals surface area contributed by atoms with Gasteiger partial charge in [0.2, 0.25) is 5.91 Å². The number of aryl methyl sites for hydroxylation is 2. The van der Waals surface area contributed by atoms with Crippen molar-refractivity contribution in [2.45, 2.75) is 33.2 Å². The molecule has 32 heavy (non-hydrogen) atoms. The number of hydrogen-bond acceptors (Lipinski definition) is 5. The van der Waals surface area contributed by atoms with Crippen molar-refractivity contribution in [2.75, 3.05) is 18.9 Å². The van der Waals surface area contributed by atoms with Crippen molar-refractivity contribution < 1.29 is 9.18 Å². The Balaban J connectivity index is 1.48. The number of hydrogen-bond donors (Lipinski definition) is 1. The lowest BCUT2D eigenvalue weighted by Crippen LogP contribution is -2.25. The Bertz CT molecular complexity index is 1340. The molecule has 164 valence electrons. The molecule has 0 aliphatic carbocycles. The first-order valence-electron chi connectivity index (χ1n) is 10.6. The number of anilines is 1. The third kappa shape index (κ3) is 3.91. The Kier molecular flexibility index (Phi) is 5.27. The van der Waals surface area contributed by atoms with Crippen LogP contribution in [0, 0.1) is 19.7 Å². The zero-order valence-corrected chi connectivity index (χ0v) is 19.1. The molecule has 1 N–H and O–H groups in total. The molecule has 0 bridgehead atoms. The van der Waals surface area contributed by atoms with Crippen molar-refractivity contribution in [1.82, 2.24) is 19.3 Å². The maximum absolute atomic E-state index is 13.8. The standard InChI is InChI=1S/C24H24FN5OS/c1-14-4-7-21-27-23(16-5-6-17(25)15(2)10-16)19(30(21)12-14)11-22(31)28-24-26-18-8-9-29(3)13-20(18)32-24/h4-7,10,12H,8-9,11,13H2,1-3H3,(H,26,28,31). The first-order chi connectivity index (χ1) is 15.4. The van der Waals surface area contributed by atoms with Crippen LogP contribution in [0.5, 0.6) is 0 Å². The maximum atomic E-state index is 13.8. The normalized spacial score (nSPS) is 14.0. The van der Waals surface area contributed by atoms with Gasteiger partial charge in [-0.05, 0) is 56.3 Å². The van der Waals surface area contributed by atoms with Gasteiger partial charge < -0.3 is 14.6 Å². The number of amides is 1. The Morgan fingerprint density at radius 1 is 1.22 bits per heavy atom. The number of rotatable bonds is 4. The van der Waals surface area contributed by atoms with Crippen LogP contribution in [-0.2, 0) is 24.2 Å². The summed E-state index contributed by atoms with van der Waals surface area (Å²) in [7, 11) is 2.09. The number of imidazole rings is 1. The first kappa shape index (κ1) is 20.8. The Hall–Kier alpha value is -3.10. The quantitative estimate of drug-likeness (QED) is 0.502. The second-order valence-corrected chi connectivity index (χ2v) is 9.49. The summed E-state index contributed by atoms with van der Waals surface area (Å²) < 4.78 is 15.8. The first-order valence-corrected chi connectivity index (χ1v) is 11.4. The van der Waals surface area contributed by atoms with Crippen molar-refractivity contribution in [3.63, 3.8) is 0 Å². The molecule has 1 aliphatic rings. The van der Waals surface area contributed by atoms with Gasteiger partial charge in [-0.3, -0.25) is 4.79 Å². The minimum Gasteiger partial charge on any atom is -0.303 e. The lowest BCUT2D eigenvalue weighted by Gasteiger charge is -2.20. The van der Waals surface area contributed by atoms with E-state index >= 15 is 0 Å². The van der Waals surface area contributed by atoms with Gasteiger partial charge in [0.1, 0.15) is 11.5 Å². The van der Waals surface area contributed by atoms with Crippen LogP contribution in [0.3, 0.4) is 0 Å². The molecule has 6 nitrogen and oxygen atoms in total. The summed E-state index contributed by atoms with van der Waals surface area (Å²) in [6.07, 6.45) is 3.02. The smallest absolute Gasteiger partial charge is 0.232 e. The van der Waals surface area contributed by atoms with Crippen molar-refractivity contribution in [2.24, 2.45) is 0 Å². The van der Waals surface area contributed by atoms with Crippen molar-refractivity contribution in [3.05, 3.63) is 69.7 Å². The minimum atomic E-state index is -0.258. The van der Waals surface area contributed by atoms with Crippen LogP contribution in [0.25, 0.3) is 16.9 Å². The molecular weight excluding hydrogens is 425 g/mol. The number of aromatic nitrogens is 3. The van der Waals surface area contributed by atoms with Crippen molar-refractivity contribution >= 4 is 28.0 Å². The number of benzene rings is 1. The third-order valence-corrected chi connectivity index (χ3v) is 6.79. The highest BCUT2D eigenvalue weighted by atomic mass is 32.1. The highest BCUT2D eigenvalue weighted by molar-refractivity contribution is 7.15. The van der Waals surface area contributed by atoms with E-state index in [1.54, 1.807) is 30.4 Å². The van der Waals surface area contributed by atoms with E-state index < -0.39 is 0 Å². The molecule has 4 heterocycles. The highest BCUT2D eigenvalue weighted by Gasteiger charge is 2.21. The topological polar surface area (TPSA) is 62.5 Å². The summed E-state index contributed by atoms with van der Waals surface area (Å²) in [4.78, 5) is 25.9. The molecule has 0 spiro atoms. The number of thiazole rings is 1. The number of halogens is 1. The molecule has 1 amide bonds. The van der Waals surface area contributed by atoms with Gasteiger partial charge in [0.05, 0.1) is 23.5 Å². The lowest BCUT2D eigenvalue weighted by molar-refractivity contribution is -0.115. The van der Waals surface area contributed by atoms with Gasteiger partial charge in [0.25, 0.3) is 0 Å². The van der Waals surface area contributed by atoms with E-state index in [-0.39, 0.29) is 18.1 Å². The summed E-state index contributed by atoms with van der Waals surface area (Å²) >= 11 is 1.54. The number of fused-ring (bicyclic) bond motifs is 2. The highest BCUT2D eigenvalue weighted by Crippen LogP contribution is 2.29. The predicted octanol–water partition coefficient (Wildman–Crippen LogP) is 4.38. The molecule has 0 saturated heterocycles. The van der Waals surface area contributed by atoms with E-state index in [0.29, 0.717) is 16.4 Å². The van der Waals surface area contributed by atoms with Crippen LogP contribution in [-0.4, -0.2) is 38.8 Å². The number of pyridine rings is 1. The van der Waals surface area contributed by atoms with Crippen molar-refractivity contribution in [1.29, 1.82) is 0 Å². The molecule has 4 aromatic rings. The molecule has 0 atom stereocenters. The van der Waals surface area contributed by atoms with Gasteiger partial charge >= 0.3 is 0 Å². The largest absolute Gasteiger partial charge is 0.303 e. The summed E-state index contributed by atoms with van der Waals surface area (Å²) in [5, 5.41) is 3.62. The van der Waals surface area contributed by atoms with E-state index in [1.807, 2.05) is 29.7 Å². The van der Waals surface area contributed by atoms with E-state index in [9.17, 15) is 9.18 Å². The van der Waals surface area contributed by atoms with Crippen LogP contribution >= 0.6 is 11.3 Å². The molecule has 0 radical (unpaired) electrons. The molecule has 0 saturated carbocycles. The fourth-order valence-electron chi connectivity index (χ4n) is 4.08. The molecule has 8 heteroatoms. The van der Waals surface area contributed by atoms with Gasteiger partial charge in [-0.2, -0.15) is 0 Å². The number of carbonyl (C=O) groups excluding carboxylic acids is 1. The predicted molar refractivity (Wildman–Crippen MR) is 125 cm³/mol. The van der Waals surface area contributed by atoms with Gasteiger partial charge in [-0.25, -0.2) is 14.4 Å². The van der Waals surface area contributed by atoms with Gasteiger partial charge in [-0.15, -0.1) is 11.3 Å². The average Bonchev–Trinajstić information content (AvgIpc) is 3.30. The molecule has 0 unspecified atom stereocenters. The molecule has 1 aromatic carbocycles. The number of nitrogens with zero attached hydrogens (tertiary/aromatic N) is 4. The Morgan fingerprint density at radius 2 is 2.06 bits per heavy atom. The van der Waals surface area contributed by atoms with Crippen LogP contribution in [0.15, 0.2) is 36.5 Å². The van der Waals surface area contributed by atoms with Crippen LogP contribution in [0.4, 0.5) is 9.52 Å². The summed E-state index contributed by atoms with van der Waals surface area (Å²) in [6.45, 7) is 5.57. The summed E-state index contributed by atoms with van der Waals surface area (Å²) in [5.41, 5.74) is 5.70. The second-order valence-electron chi connectivity index (χ2n) is 8.41. The maximum Gasteiger partial charge on any atom is 0.232 e. The number of carbonyl (C=O) groups is 1. The average molecular weight is 450 g/mol. The second kappa shape index (κ2) is 8.11. The third-order valence-electron chi connectivity index (χ3n) is 5.79. The summed E-state index contributed by atoms with van der Waals surface area (Å²) in [6, 6.07) is 8.85. The molecule has 0 fully saturated rings. The van der Waals surface area contributed by atoms with Gasteiger partial charge in [-0.1, -0.05) is 6.07 Å². The van der Waals surface area contributed by atoms with Crippen LogP contribution in [0.2, 0.25) is 0 Å². The van der Waals surface area contributed by atoms with Gasteiger partial charge in [0.15, 0.2) is 5.13 Å². The SMILES string of the molecule is Cc1ccc2nc(-c3ccc(F)c(C)c3)c(CC(=O)Nc3nc4c(s3)CN(C)CC4)n2c1. The fourth-order valence-corrected chi connectivity index (χ4v) is 5.19. The van der Waals surface area contributed by atoms with Crippen LogP contribution in [0.1, 0.15) is 27.4 Å². The Labute approximate surface area is 189 Å². The molecule has 3 aromatic heterocycles. The van der Waals surface area contributed by atoms with Crippen molar-refractivity contribution in [3.8, 4) is 11.3 Å². The van der Waals surface area contributed by atoms with Crippen LogP contribution < -0.4 is 5.32 Å². The van der Waals surface area contributed by atoms with E-state index in [2.05, 4.69) is 22.2 Å². The monoisotopic (exact) mass is 449 g/mol. The molecular formula is C24H24FN5OS. The minimum absolute atomic E-state index is 0.139. The lowest BCUT2D eigenvalue weighted by atomic mass is 10.1. The summed E-state index contributed by atoms with van der Waals surface area (Å²) in [5.74, 6) is -0.404. The zero-order chi connectivity index (χ0) is 22.4. The number of nitrogens with one attached hydrogen (secondary N) is 1. The zero-order valence-electron chi connectivity index (χ0n) is 18.3.